The van der Waals surface area contributed by atoms with Crippen LogP contribution in [0.25, 0.3) is 0 Å². The number of H-pyrrole nitrogens is 1. The number of urea groups is 1. The van der Waals surface area contributed by atoms with Crippen molar-refractivity contribution in [3.05, 3.63) is 48.0 Å². The molecule has 1 atom stereocenters. The Morgan fingerprint density at radius 2 is 2.16 bits per heavy atom. The first-order chi connectivity index (χ1) is 9.15. The summed E-state index contributed by atoms with van der Waals surface area (Å²) in [5.74, 6) is -0.374. The lowest BCUT2D eigenvalue weighted by Gasteiger charge is -2.12. The van der Waals surface area contributed by atoms with E-state index < -0.39 is 12.1 Å². The molecule has 1 aromatic carbocycles. The molecule has 2 rings (SSSR count). The number of amides is 2. The Balaban J connectivity index is 1.81. The van der Waals surface area contributed by atoms with E-state index in [2.05, 4.69) is 20.8 Å². The Labute approximate surface area is 108 Å². The predicted octanol–water partition coefficient (Wildman–Crippen LogP) is 1.40. The molecule has 0 bridgehead atoms. The van der Waals surface area contributed by atoms with Gasteiger partial charge in [0.2, 0.25) is 0 Å². The average Bonchev–Trinajstić information content (AvgIpc) is 2.89. The molecule has 6 nitrogen and oxygen atoms in total. The highest BCUT2D eigenvalue weighted by molar-refractivity contribution is 5.88. The predicted molar refractivity (Wildman–Crippen MR) is 67.0 cm³/mol. The van der Waals surface area contributed by atoms with Crippen LogP contribution in [-0.4, -0.2) is 27.9 Å². The number of nitrogens with zero attached hydrogens (tertiary/aromatic N) is 1. The highest BCUT2D eigenvalue weighted by atomic mass is 19.1. The standard InChI is InChI=1S/C12H13FN4O2/c13-9-3-1-8(2-4-9)11(18)7-14-12(19)17-10-5-15-16-6-10/h1-6,11,18H,7H2,(H,15,16)(H2,14,17,19). The molecule has 0 fully saturated rings. The van der Waals surface area contributed by atoms with Crippen molar-refractivity contribution < 1.29 is 14.3 Å². The molecule has 1 unspecified atom stereocenters. The molecule has 2 aromatic rings. The number of benzene rings is 1. The van der Waals surface area contributed by atoms with E-state index in [0.717, 1.165) is 0 Å². The first-order valence-electron chi connectivity index (χ1n) is 5.62. The molecule has 4 N–H and O–H groups in total. The summed E-state index contributed by atoms with van der Waals surface area (Å²) in [6.07, 6.45) is 2.09. The quantitative estimate of drug-likeness (QED) is 0.673. The highest BCUT2D eigenvalue weighted by Crippen LogP contribution is 2.12. The molecule has 7 heteroatoms. The third-order valence-corrected chi connectivity index (χ3v) is 2.47. The number of carbonyl (C=O) groups is 1. The van der Waals surface area contributed by atoms with E-state index in [1.54, 1.807) is 0 Å². The second-order valence-corrected chi connectivity index (χ2v) is 3.89. The fourth-order valence-corrected chi connectivity index (χ4v) is 1.49. The minimum Gasteiger partial charge on any atom is -0.387 e. The zero-order valence-electron chi connectivity index (χ0n) is 9.93. The van der Waals surface area contributed by atoms with Gasteiger partial charge in [-0.15, -0.1) is 0 Å². The molecule has 1 heterocycles. The smallest absolute Gasteiger partial charge is 0.319 e. The minimum atomic E-state index is -0.893. The van der Waals surface area contributed by atoms with Crippen LogP contribution in [0.2, 0.25) is 0 Å². The van der Waals surface area contributed by atoms with Gasteiger partial charge in [-0.1, -0.05) is 12.1 Å². The SMILES string of the molecule is O=C(NCC(O)c1ccc(F)cc1)Nc1cn[nH]c1. The monoisotopic (exact) mass is 264 g/mol. The van der Waals surface area contributed by atoms with E-state index in [1.807, 2.05) is 0 Å². The van der Waals surface area contributed by atoms with Crippen LogP contribution in [0.3, 0.4) is 0 Å². The van der Waals surface area contributed by atoms with Crippen molar-refractivity contribution in [2.45, 2.75) is 6.10 Å². The number of aliphatic hydroxyl groups excluding tert-OH is 1. The van der Waals surface area contributed by atoms with Crippen molar-refractivity contribution in [1.29, 1.82) is 0 Å². The number of aromatic nitrogens is 2. The van der Waals surface area contributed by atoms with Crippen LogP contribution in [0.1, 0.15) is 11.7 Å². The number of aromatic amines is 1. The maximum Gasteiger partial charge on any atom is 0.319 e. The Bertz CT molecular complexity index is 527. The first kappa shape index (κ1) is 13.0. The van der Waals surface area contributed by atoms with Gasteiger partial charge in [0.15, 0.2) is 0 Å². The number of anilines is 1. The molecule has 0 saturated carbocycles. The molecule has 0 spiro atoms. The Morgan fingerprint density at radius 1 is 1.42 bits per heavy atom. The number of aliphatic hydroxyl groups is 1. The van der Waals surface area contributed by atoms with Crippen LogP contribution < -0.4 is 10.6 Å². The van der Waals surface area contributed by atoms with Gasteiger partial charge in [-0.25, -0.2) is 9.18 Å². The largest absolute Gasteiger partial charge is 0.387 e. The lowest BCUT2D eigenvalue weighted by atomic mass is 10.1. The minimum absolute atomic E-state index is 0.0231. The van der Waals surface area contributed by atoms with Gasteiger partial charge in [-0.3, -0.25) is 5.10 Å². The topological polar surface area (TPSA) is 90.0 Å². The van der Waals surface area contributed by atoms with Gasteiger partial charge in [0.25, 0.3) is 0 Å². The lowest BCUT2D eigenvalue weighted by molar-refractivity contribution is 0.175. The lowest BCUT2D eigenvalue weighted by Crippen LogP contribution is -2.32. The number of nitrogens with one attached hydrogen (secondary N) is 3. The Morgan fingerprint density at radius 3 is 2.79 bits per heavy atom. The molecule has 0 saturated heterocycles. The van der Waals surface area contributed by atoms with E-state index in [-0.39, 0.29) is 12.4 Å². The molecule has 0 aliphatic carbocycles. The molecule has 2 amide bonds. The summed E-state index contributed by atoms with van der Waals surface area (Å²) in [7, 11) is 0. The van der Waals surface area contributed by atoms with E-state index in [4.69, 9.17) is 0 Å². The van der Waals surface area contributed by atoms with Crippen molar-refractivity contribution in [1.82, 2.24) is 15.5 Å². The molecule has 19 heavy (non-hydrogen) atoms. The summed E-state index contributed by atoms with van der Waals surface area (Å²) in [6.45, 7) is 0.0231. The first-order valence-corrected chi connectivity index (χ1v) is 5.62. The van der Waals surface area contributed by atoms with Crippen LogP contribution in [0.4, 0.5) is 14.9 Å². The summed E-state index contributed by atoms with van der Waals surface area (Å²) in [4.78, 5) is 11.5. The zero-order chi connectivity index (χ0) is 13.7. The zero-order valence-corrected chi connectivity index (χ0v) is 9.93. The van der Waals surface area contributed by atoms with E-state index in [1.165, 1.54) is 36.7 Å². The molecule has 0 aliphatic rings. The van der Waals surface area contributed by atoms with Gasteiger partial charge < -0.3 is 15.7 Å². The van der Waals surface area contributed by atoms with Gasteiger partial charge in [-0.05, 0) is 17.7 Å². The third kappa shape index (κ3) is 3.78. The van der Waals surface area contributed by atoms with Gasteiger partial charge in [0, 0.05) is 12.7 Å². The Kier molecular flexibility index (Phi) is 4.09. The van der Waals surface area contributed by atoms with Crippen LogP contribution in [0.5, 0.6) is 0 Å². The van der Waals surface area contributed by atoms with Crippen LogP contribution in [0.15, 0.2) is 36.7 Å². The van der Waals surface area contributed by atoms with Crippen molar-refractivity contribution in [3.63, 3.8) is 0 Å². The third-order valence-electron chi connectivity index (χ3n) is 2.47. The number of hydrogen-bond acceptors (Lipinski definition) is 3. The molecule has 100 valence electrons. The number of hydrogen-bond donors (Lipinski definition) is 4. The van der Waals surface area contributed by atoms with Crippen molar-refractivity contribution >= 4 is 11.7 Å². The summed E-state index contributed by atoms with van der Waals surface area (Å²) >= 11 is 0. The fourth-order valence-electron chi connectivity index (χ4n) is 1.49. The van der Waals surface area contributed by atoms with E-state index in [9.17, 15) is 14.3 Å². The molecular formula is C12H13FN4O2. The average molecular weight is 264 g/mol. The van der Waals surface area contributed by atoms with Gasteiger partial charge in [0.05, 0.1) is 18.0 Å². The molecular weight excluding hydrogens is 251 g/mol. The van der Waals surface area contributed by atoms with Crippen LogP contribution >= 0.6 is 0 Å². The Hall–Kier alpha value is -2.41. The molecule has 0 radical (unpaired) electrons. The van der Waals surface area contributed by atoms with E-state index >= 15 is 0 Å². The molecule has 0 aliphatic heterocycles. The highest BCUT2D eigenvalue weighted by Gasteiger charge is 2.09. The number of halogens is 1. The van der Waals surface area contributed by atoms with Crippen molar-refractivity contribution in [2.75, 3.05) is 11.9 Å². The van der Waals surface area contributed by atoms with Gasteiger partial charge in [-0.2, -0.15) is 5.10 Å². The second-order valence-electron chi connectivity index (χ2n) is 3.89. The summed E-state index contributed by atoms with van der Waals surface area (Å²) in [5, 5.41) is 21.1. The van der Waals surface area contributed by atoms with Crippen LogP contribution in [-0.2, 0) is 0 Å². The van der Waals surface area contributed by atoms with E-state index in [0.29, 0.717) is 11.3 Å². The maximum absolute atomic E-state index is 12.7. The fraction of sp³-hybridized carbons (Fsp3) is 0.167. The molecule has 1 aromatic heterocycles. The summed E-state index contributed by atoms with van der Waals surface area (Å²) < 4.78 is 12.7. The van der Waals surface area contributed by atoms with Gasteiger partial charge >= 0.3 is 6.03 Å². The van der Waals surface area contributed by atoms with Crippen molar-refractivity contribution in [2.24, 2.45) is 0 Å². The number of carbonyl (C=O) groups excluding carboxylic acids is 1. The number of rotatable bonds is 4. The summed E-state index contributed by atoms with van der Waals surface area (Å²) in [5.41, 5.74) is 1.05. The van der Waals surface area contributed by atoms with Crippen molar-refractivity contribution in [3.8, 4) is 0 Å². The normalized spacial score (nSPS) is 11.9. The maximum atomic E-state index is 12.7. The van der Waals surface area contributed by atoms with Crippen LogP contribution in [0, 0.1) is 5.82 Å². The van der Waals surface area contributed by atoms with Gasteiger partial charge in [0.1, 0.15) is 5.82 Å². The second kappa shape index (κ2) is 5.96. The summed E-state index contributed by atoms with van der Waals surface area (Å²) in [6, 6.07) is 4.99.